The predicted octanol–water partition coefficient (Wildman–Crippen LogP) is -0.195. The second-order valence-electron chi connectivity index (χ2n) is 7.44. The molecular weight excluding hydrogens is 428 g/mol. The van der Waals surface area contributed by atoms with Gasteiger partial charge in [-0.05, 0) is 30.4 Å². The maximum Gasteiger partial charge on any atom is 0.229 e. The topological polar surface area (TPSA) is 190 Å². The van der Waals surface area contributed by atoms with Crippen LogP contribution in [-0.4, -0.2) is 84.3 Å². The maximum absolute atomic E-state index is 10.9. The van der Waals surface area contributed by atoms with Crippen molar-refractivity contribution in [1.82, 2.24) is 0 Å². The zero-order valence-electron chi connectivity index (χ0n) is 16.4. The van der Waals surface area contributed by atoms with Crippen LogP contribution in [0.25, 0.3) is 5.76 Å². The molecule has 32 heavy (non-hydrogen) atoms. The third kappa shape index (κ3) is 3.76. The summed E-state index contributed by atoms with van der Waals surface area (Å²) >= 11 is 0. The fourth-order valence-electron chi connectivity index (χ4n) is 3.55. The average Bonchev–Trinajstić information content (AvgIpc) is 2.77. The van der Waals surface area contributed by atoms with Crippen LogP contribution in [0.1, 0.15) is 5.56 Å². The van der Waals surface area contributed by atoms with E-state index < -0.39 is 60.7 Å². The molecule has 6 atom stereocenters. The molecule has 4 rings (SSSR count). The normalized spacial score (nSPS) is 32.3. The van der Waals surface area contributed by atoms with Crippen LogP contribution in [0.4, 0.5) is 0 Å². The lowest BCUT2D eigenvalue weighted by Crippen LogP contribution is -2.59. The van der Waals surface area contributed by atoms with Crippen LogP contribution < -0.4 is 0 Å². The number of aliphatic hydroxyl groups is 6. The number of aliphatic hydroxyl groups excluding tert-OH is 6. The molecule has 6 unspecified atom stereocenters. The molecule has 0 amide bonds. The fraction of sp³-hybridized carbons (Fsp3) is 0.333. The smallest absolute Gasteiger partial charge is 0.229 e. The summed E-state index contributed by atoms with van der Waals surface area (Å²) < 4.78 is 16.9. The third-order valence-corrected chi connectivity index (χ3v) is 5.32. The van der Waals surface area contributed by atoms with Crippen molar-refractivity contribution in [3.8, 4) is 11.5 Å². The molecule has 2 aliphatic heterocycles. The van der Waals surface area contributed by atoms with Crippen LogP contribution in [0.5, 0.6) is 11.5 Å². The second kappa shape index (κ2) is 8.37. The van der Waals surface area contributed by atoms with Crippen molar-refractivity contribution in [3.63, 3.8) is 0 Å². The molecule has 11 heteroatoms. The first kappa shape index (κ1) is 22.0. The summed E-state index contributed by atoms with van der Waals surface area (Å²) in [6, 6.07) is 3.68. The minimum absolute atomic E-state index is 0.113. The first-order valence-electron chi connectivity index (χ1n) is 9.64. The molecule has 0 aromatic heterocycles. The maximum atomic E-state index is 10.9. The fourth-order valence-corrected chi connectivity index (χ4v) is 3.55. The van der Waals surface area contributed by atoms with Crippen molar-refractivity contribution in [3.05, 3.63) is 64.8 Å². The van der Waals surface area contributed by atoms with Gasteiger partial charge >= 0.3 is 0 Å². The molecule has 1 saturated heterocycles. The largest absolute Gasteiger partial charge is 0.508 e. The van der Waals surface area contributed by atoms with Crippen molar-refractivity contribution < 1.29 is 55.1 Å². The van der Waals surface area contributed by atoms with E-state index in [9.17, 15) is 40.9 Å². The lowest BCUT2D eigenvalue weighted by atomic mass is 9.97. The number of phenols is 2. The predicted molar refractivity (Wildman–Crippen MR) is 106 cm³/mol. The Morgan fingerprint density at radius 3 is 2.34 bits per heavy atom. The van der Waals surface area contributed by atoms with Crippen LogP contribution in [0, 0.1) is 0 Å². The minimum atomic E-state index is -1.75. The Bertz CT molecular complexity index is 1020. The van der Waals surface area contributed by atoms with E-state index in [0.29, 0.717) is 0 Å². The van der Waals surface area contributed by atoms with Gasteiger partial charge in [-0.1, -0.05) is 0 Å². The molecule has 1 aromatic rings. The van der Waals surface area contributed by atoms with Gasteiger partial charge in [0.25, 0.3) is 0 Å². The van der Waals surface area contributed by atoms with Gasteiger partial charge in [0, 0.05) is 17.2 Å². The Balaban J connectivity index is 1.78. The van der Waals surface area contributed by atoms with Gasteiger partial charge in [0.2, 0.25) is 12.0 Å². The molecular formula is C21H22O11. The molecule has 8 N–H and O–H groups in total. The highest BCUT2D eigenvalue weighted by Crippen LogP contribution is 2.40. The van der Waals surface area contributed by atoms with Crippen molar-refractivity contribution in [2.24, 2.45) is 0 Å². The summed E-state index contributed by atoms with van der Waals surface area (Å²) in [5, 5.41) is 79.9. The molecule has 1 aliphatic carbocycles. The van der Waals surface area contributed by atoms with Crippen molar-refractivity contribution >= 4 is 5.76 Å². The number of benzene rings is 1. The summed E-state index contributed by atoms with van der Waals surface area (Å²) in [6.45, 7) is -0.680. The van der Waals surface area contributed by atoms with Gasteiger partial charge in [0.1, 0.15) is 36.3 Å². The minimum Gasteiger partial charge on any atom is -0.508 e. The second-order valence-corrected chi connectivity index (χ2v) is 7.44. The van der Waals surface area contributed by atoms with E-state index in [1.54, 1.807) is 0 Å². The molecule has 3 aliphatic rings. The summed E-state index contributed by atoms with van der Waals surface area (Å²) in [5.41, 5.74) is 0.363. The molecule has 0 radical (unpaired) electrons. The van der Waals surface area contributed by atoms with E-state index in [2.05, 4.69) is 0 Å². The zero-order chi connectivity index (χ0) is 23.2. The van der Waals surface area contributed by atoms with Crippen molar-refractivity contribution in [2.45, 2.75) is 36.8 Å². The Hall–Kier alpha value is -3.22. The Morgan fingerprint density at radius 2 is 1.66 bits per heavy atom. The molecule has 172 valence electrons. The lowest BCUT2D eigenvalue weighted by molar-refractivity contribution is -0.291. The van der Waals surface area contributed by atoms with Crippen LogP contribution >= 0.6 is 0 Å². The number of aromatic hydroxyl groups is 2. The Kier molecular flexibility index (Phi) is 5.75. The van der Waals surface area contributed by atoms with E-state index in [-0.39, 0.29) is 28.4 Å². The molecule has 2 heterocycles. The number of rotatable bonds is 4. The highest BCUT2D eigenvalue weighted by Gasteiger charge is 2.46. The van der Waals surface area contributed by atoms with Crippen LogP contribution in [0.15, 0.2) is 59.3 Å². The van der Waals surface area contributed by atoms with Gasteiger partial charge in [0.15, 0.2) is 23.0 Å². The first-order valence-corrected chi connectivity index (χ1v) is 9.64. The van der Waals surface area contributed by atoms with Gasteiger partial charge in [0.05, 0.1) is 6.61 Å². The zero-order valence-corrected chi connectivity index (χ0v) is 16.4. The highest BCUT2D eigenvalue weighted by atomic mass is 16.7. The Morgan fingerprint density at radius 1 is 0.906 bits per heavy atom. The van der Waals surface area contributed by atoms with Crippen LogP contribution in [-0.2, 0) is 14.2 Å². The molecule has 11 nitrogen and oxygen atoms in total. The summed E-state index contributed by atoms with van der Waals surface area (Å²) in [6.07, 6.45) is -4.85. The van der Waals surface area contributed by atoms with Crippen LogP contribution in [0.3, 0.4) is 0 Å². The number of phenolic OH excluding ortho intramolecular Hbond substituents is 2. The van der Waals surface area contributed by atoms with E-state index in [4.69, 9.17) is 14.2 Å². The average molecular weight is 450 g/mol. The molecule has 1 fully saturated rings. The third-order valence-electron chi connectivity index (χ3n) is 5.32. The van der Waals surface area contributed by atoms with Gasteiger partial charge < -0.3 is 55.1 Å². The highest BCUT2D eigenvalue weighted by molar-refractivity contribution is 5.70. The van der Waals surface area contributed by atoms with Crippen molar-refractivity contribution in [1.29, 1.82) is 0 Å². The lowest BCUT2D eigenvalue weighted by Gasteiger charge is -2.40. The molecule has 0 spiro atoms. The monoisotopic (exact) mass is 450 g/mol. The van der Waals surface area contributed by atoms with Gasteiger partial charge in [-0.25, -0.2) is 0 Å². The van der Waals surface area contributed by atoms with Crippen LogP contribution in [0.2, 0.25) is 0 Å². The van der Waals surface area contributed by atoms with E-state index >= 15 is 0 Å². The standard InChI is InChI=1S/C21H22O11/c22-7-14-16(27)17(28)18(29)21(31-14)32-20-15(26)10-3-2-9(23)6-13(10)30-19(20)8-1-4-11(24)12(25)5-8/h1-6,13-14,16-18,21-29H,7H2. The van der Waals surface area contributed by atoms with Crippen molar-refractivity contribution in [2.75, 3.05) is 6.61 Å². The number of fused-ring (bicyclic) bond motifs is 1. The number of hydrogen-bond acceptors (Lipinski definition) is 11. The number of ether oxygens (including phenoxy) is 3. The van der Waals surface area contributed by atoms with Gasteiger partial charge in [-0.2, -0.15) is 0 Å². The summed E-state index contributed by atoms with van der Waals surface area (Å²) in [7, 11) is 0. The summed E-state index contributed by atoms with van der Waals surface area (Å²) in [4.78, 5) is 0. The Labute approximate surface area is 181 Å². The van der Waals surface area contributed by atoms with Gasteiger partial charge in [-0.15, -0.1) is 0 Å². The van der Waals surface area contributed by atoms with E-state index in [0.717, 1.165) is 6.07 Å². The molecule has 0 saturated carbocycles. The number of allylic oxidation sites excluding steroid dienone is 1. The van der Waals surface area contributed by atoms with Gasteiger partial charge in [-0.3, -0.25) is 0 Å². The van der Waals surface area contributed by atoms with E-state index in [1.165, 1.54) is 30.4 Å². The molecule has 0 bridgehead atoms. The quantitative estimate of drug-likeness (QED) is 0.284. The first-order chi connectivity index (χ1) is 15.2. The summed E-state index contributed by atoms with van der Waals surface area (Å²) in [5.74, 6) is -1.92. The SMILES string of the molecule is OCC1OC(OC2=C(c3ccc(O)c(O)c3)OC3C=C(O)C=CC3=C2O)C(O)C(O)C1O. The number of hydrogen-bond donors (Lipinski definition) is 8. The molecule has 1 aromatic carbocycles. The van der Waals surface area contributed by atoms with E-state index in [1.807, 2.05) is 0 Å².